The number of tetrazole rings is 1. The molecule has 1 unspecified atom stereocenters. The number of rotatable bonds is 3. The van der Waals surface area contributed by atoms with Crippen molar-refractivity contribution in [1.82, 2.24) is 25.9 Å². The van der Waals surface area contributed by atoms with Crippen molar-refractivity contribution < 1.29 is 9.53 Å². The molecule has 21 heavy (non-hydrogen) atoms. The molecule has 1 aliphatic rings. The molecule has 7 heteroatoms. The monoisotopic (exact) mass is 287 g/mol. The lowest BCUT2D eigenvalue weighted by Gasteiger charge is -2.22. The average Bonchev–Trinajstić information content (AvgIpc) is 3.09. The molecule has 0 aliphatic carbocycles. The highest BCUT2D eigenvalue weighted by molar-refractivity contribution is 5.95. The highest BCUT2D eigenvalue weighted by atomic mass is 16.5. The number of carbonyl (C=O) groups is 1. The van der Waals surface area contributed by atoms with E-state index < -0.39 is 5.54 Å². The number of carbonyl (C=O) groups excluding carboxylic acids is 1. The maximum atomic E-state index is 12.4. The summed E-state index contributed by atoms with van der Waals surface area (Å²) in [5.41, 5.74) is 0.966. The molecule has 0 bridgehead atoms. The Kier molecular flexibility index (Phi) is 3.12. The van der Waals surface area contributed by atoms with Gasteiger partial charge in [0, 0.05) is 17.0 Å². The minimum Gasteiger partial charge on any atom is -0.493 e. The van der Waals surface area contributed by atoms with Gasteiger partial charge in [-0.2, -0.15) is 5.21 Å². The van der Waals surface area contributed by atoms with Crippen LogP contribution >= 0.6 is 0 Å². The molecule has 110 valence electrons. The molecule has 2 aromatic rings. The summed E-state index contributed by atoms with van der Waals surface area (Å²) in [5, 5.41) is 16.7. The Morgan fingerprint density at radius 3 is 3.00 bits per heavy atom. The van der Waals surface area contributed by atoms with Crippen LogP contribution in [0.4, 0.5) is 0 Å². The van der Waals surface area contributed by atoms with Crippen molar-refractivity contribution in [1.29, 1.82) is 0 Å². The zero-order valence-corrected chi connectivity index (χ0v) is 12.2. The Bertz CT molecular complexity index is 666. The zero-order chi connectivity index (χ0) is 15.0. The number of nitrogens with one attached hydrogen (secondary N) is 2. The molecule has 1 aliphatic heterocycles. The first-order chi connectivity index (χ1) is 9.97. The second-order valence-electron chi connectivity index (χ2n) is 5.78. The summed E-state index contributed by atoms with van der Waals surface area (Å²) >= 11 is 0. The number of ether oxygens (including phenoxy) is 1. The third kappa shape index (κ3) is 2.46. The van der Waals surface area contributed by atoms with Crippen LogP contribution in [0, 0.1) is 0 Å². The van der Waals surface area contributed by atoms with Crippen LogP contribution in [0.3, 0.4) is 0 Å². The molecule has 1 atom stereocenters. The predicted octanol–water partition coefficient (Wildman–Crippen LogP) is 1.36. The van der Waals surface area contributed by atoms with E-state index in [0.717, 1.165) is 11.3 Å². The number of benzene rings is 1. The van der Waals surface area contributed by atoms with Crippen LogP contribution in [0.25, 0.3) is 0 Å². The van der Waals surface area contributed by atoms with E-state index in [2.05, 4.69) is 32.9 Å². The summed E-state index contributed by atoms with van der Waals surface area (Å²) in [7, 11) is 0. The van der Waals surface area contributed by atoms with Crippen LogP contribution in [-0.2, 0) is 5.54 Å². The Labute approximate surface area is 122 Å². The number of aromatic amines is 1. The van der Waals surface area contributed by atoms with E-state index >= 15 is 0 Å². The normalized spacial score (nSPS) is 17.2. The molecule has 3 rings (SSSR count). The van der Waals surface area contributed by atoms with Crippen molar-refractivity contribution in [2.45, 2.75) is 32.2 Å². The van der Waals surface area contributed by atoms with Crippen molar-refractivity contribution in [3.05, 3.63) is 35.2 Å². The van der Waals surface area contributed by atoms with Crippen LogP contribution in [0.2, 0.25) is 0 Å². The van der Waals surface area contributed by atoms with Crippen LogP contribution in [0.5, 0.6) is 5.75 Å². The number of H-pyrrole nitrogens is 1. The number of amides is 1. The van der Waals surface area contributed by atoms with Crippen molar-refractivity contribution in [3.63, 3.8) is 0 Å². The second-order valence-corrected chi connectivity index (χ2v) is 5.78. The maximum absolute atomic E-state index is 12.4. The molecular formula is C14H17N5O2. The van der Waals surface area contributed by atoms with Gasteiger partial charge in [0.05, 0.1) is 12.1 Å². The topological polar surface area (TPSA) is 92.8 Å². The van der Waals surface area contributed by atoms with E-state index in [1.54, 1.807) is 6.07 Å². The summed E-state index contributed by atoms with van der Waals surface area (Å²) in [6, 6.07) is 5.49. The summed E-state index contributed by atoms with van der Waals surface area (Å²) in [4.78, 5) is 12.4. The van der Waals surface area contributed by atoms with Gasteiger partial charge in [0.2, 0.25) is 0 Å². The second kappa shape index (κ2) is 4.83. The molecule has 0 radical (unpaired) electrons. The largest absolute Gasteiger partial charge is 0.493 e. The molecule has 7 nitrogen and oxygen atoms in total. The number of nitrogens with zero attached hydrogens (tertiary/aromatic N) is 3. The van der Waals surface area contributed by atoms with Gasteiger partial charge in [0.15, 0.2) is 5.82 Å². The zero-order valence-electron chi connectivity index (χ0n) is 12.2. The molecule has 0 fully saturated rings. The fourth-order valence-corrected chi connectivity index (χ4v) is 2.35. The van der Waals surface area contributed by atoms with Gasteiger partial charge in [-0.1, -0.05) is 12.1 Å². The Hall–Kier alpha value is -2.44. The molecule has 1 aromatic carbocycles. The fourth-order valence-electron chi connectivity index (χ4n) is 2.35. The number of hydrogen-bond donors (Lipinski definition) is 2. The number of fused-ring (bicyclic) bond motifs is 1. The quantitative estimate of drug-likeness (QED) is 0.889. The molecular weight excluding hydrogens is 270 g/mol. The van der Waals surface area contributed by atoms with Crippen molar-refractivity contribution in [3.8, 4) is 5.75 Å². The number of hydrogen-bond acceptors (Lipinski definition) is 5. The first kappa shape index (κ1) is 13.5. The molecule has 0 saturated carbocycles. The van der Waals surface area contributed by atoms with Gasteiger partial charge >= 0.3 is 0 Å². The minimum absolute atomic E-state index is 0.174. The Balaban J connectivity index is 1.82. The van der Waals surface area contributed by atoms with Gasteiger partial charge in [-0.05, 0) is 32.0 Å². The van der Waals surface area contributed by atoms with Gasteiger partial charge < -0.3 is 10.1 Å². The number of aromatic nitrogens is 4. The summed E-state index contributed by atoms with van der Waals surface area (Å²) in [6.07, 6.45) is 0. The third-order valence-corrected chi connectivity index (χ3v) is 3.62. The molecule has 1 aromatic heterocycles. The standard InChI is InChI=1S/C14H17N5O2/c1-8-7-21-11-5-4-9(6-10(8)11)12(20)15-14(2,3)13-16-18-19-17-13/h4-6,8H,7H2,1-3H3,(H,15,20)(H,16,17,18,19). The highest BCUT2D eigenvalue weighted by Crippen LogP contribution is 2.34. The van der Waals surface area contributed by atoms with Crippen molar-refractivity contribution in [2.75, 3.05) is 6.61 Å². The van der Waals surface area contributed by atoms with Crippen LogP contribution in [0.1, 0.15) is 48.4 Å². The Morgan fingerprint density at radius 1 is 1.48 bits per heavy atom. The maximum Gasteiger partial charge on any atom is 0.252 e. The molecule has 0 saturated heterocycles. The van der Waals surface area contributed by atoms with Gasteiger partial charge in [0.1, 0.15) is 5.75 Å². The molecule has 2 N–H and O–H groups in total. The first-order valence-electron chi connectivity index (χ1n) is 6.80. The van der Waals surface area contributed by atoms with Gasteiger partial charge in [-0.3, -0.25) is 4.79 Å². The molecule has 2 heterocycles. The minimum atomic E-state index is -0.703. The lowest BCUT2D eigenvalue weighted by molar-refractivity contribution is 0.0908. The lowest BCUT2D eigenvalue weighted by atomic mass is 9.99. The summed E-state index contributed by atoms with van der Waals surface area (Å²) < 4.78 is 5.54. The highest BCUT2D eigenvalue weighted by Gasteiger charge is 2.29. The average molecular weight is 287 g/mol. The van der Waals surface area contributed by atoms with Gasteiger partial charge in [-0.15, -0.1) is 10.2 Å². The van der Waals surface area contributed by atoms with Crippen molar-refractivity contribution in [2.24, 2.45) is 0 Å². The summed E-state index contributed by atoms with van der Waals surface area (Å²) in [6.45, 7) is 6.40. The van der Waals surface area contributed by atoms with Crippen LogP contribution < -0.4 is 10.1 Å². The SMILES string of the molecule is CC1COc2ccc(C(=O)NC(C)(C)c3nn[nH]n3)cc21. The van der Waals surface area contributed by atoms with Crippen LogP contribution in [0.15, 0.2) is 18.2 Å². The third-order valence-electron chi connectivity index (χ3n) is 3.62. The lowest BCUT2D eigenvalue weighted by Crippen LogP contribution is -2.42. The van der Waals surface area contributed by atoms with Crippen molar-refractivity contribution >= 4 is 5.91 Å². The smallest absolute Gasteiger partial charge is 0.252 e. The van der Waals surface area contributed by atoms with E-state index in [1.807, 2.05) is 26.0 Å². The van der Waals surface area contributed by atoms with E-state index in [4.69, 9.17) is 4.74 Å². The molecule has 1 amide bonds. The Morgan fingerprint density at radius 2 is 2.29 bits per heavy atom. The summed E-state index contributed by atoms with van der Waals surface area (Å²) in [5.74, 6) is 1.43. The van der Waals surface area contributed by atoms with E-state index in [9.17, 15) is 4.79 Å². The first-order valence-corrected chi connectivity index (χ1v) is 6.80. The van der Waals surface area contributed by atoms with Crippen LogP contribution in [-0.4, -0.2) is 33.1 Å². The van der Waals surface area contributed by atoms with E-state index in [1.165, 1.54) is 0 Å². The van der Waals surface area contributed by atoms with E-state index in [0.29, 0.717) is 23.9 Å². The molecule has 0 spiro atoms. The fraction of sp³-hybridized carbons (Fsp3) is 0.429. The van der Waals surface area contributed by atoms with Gasteiger partial charge in [-0.25, -0.2) is 0 Å². The predicted molar refractivity (Wildman–Crippen MR) is 75.0 cm³/mol. The van der Waals surface area contributed by atoms with E-state index in [-0.39, 0.29) is 5.91 Å². The van der Waals surface area contributed by atoms with Gasteiger partial charge in [0.25, 0.3) is 5.91 Å².